The maximum atomic E-state index is 6.41. The number of nitrogens with zero attached hydrogens (tertiary/aromatic N) is 4. The molecule has 0 aliphatic carbocycles. The Morgan fingerprint density at radius 1 is 1.14 bits per heavy atom. The molecule has 1 fully saturated rings. The molecule has 36 heavy (non-hydrogen) atoms. The zero-order valence-electron chi connectivity index (χ0n) is 19.5. The van der Waals surface area contributed by atoms with E-state index in [1.54, 1.807) is 42.6 Å². The molecule has 3 atom stereocenters. The molecule has 0 amide bonds. The molecule has 5 rings (SSSR count). The SMILES string of the molecule is CCSc1nccc(-c2ccc(OC(Cn3ccnc3)C3COC(c4ccc(Cl)cc4Cl)O3)cc2)n1. The smallest absolute Gasteiger partial charge is 0.188 e. The van der Waals surface area contributed by atoms with E-state index in [-0.39, 0.29) is 12.2 Å². The Balaban J connectivity index is 1.32. The van der Waals surface area contributed by atoms with Crippen molar-refractivity contribution in [2.75, 3.05) is 12.4 Å². The topological polar surface area (TPSA) is 71.3 Å². The van der Waals surface area contributed by atoms with E-state index in [2.05, 4.69) is 21.9 Å². The third-order valence-electron chi connectivity index (χ3n) is 5.64. The predicted octanol–water partition coefficient (Wildman–Crippen LogP) is 6.32. The minimum atomic E-state index is -0.594. The van der Waals surface area contributed by atoms with Crippen LogP contribution in [0.25, 0.3) is 11.3 Å². The molecule has 1 saturated heterocycles. The molecule has 3 heterocycles. The van der Waals surface area contributed by atoms with Crippen LogP contribution in [-0.2, 0) is 16.0 Å². The van der Waals surface area contributed by atoms with Gasteiger partial charge in [-0.1, -0.05) is 48.0 Å². The van der Waals surface area contributed by atoms with Crippen LogP contribution in [0.5, 0.6) is 5.75 Å². The van der Waals surface area contributed by atoms with Crippen molar-refractivity contribution in [3.05, 3.63) is 89.1 Å². The van der Waals surface area contributed by atoms with Gasteiger partial charge in [-0.05, 0) is 48.2 Å². The number of benzene rings is 2. The van der Waals surface area contributed by atoms with E-state index >= 15 is 0 Å². The summed E-state index contributed by atoms with van der Waals surface area (Å²) in [6.07, 6.45) is 5.93. The lowest BCUT2D eigenvalue weighted by Gasteiger charge is -2.24. The van der Waals surface area contributed by atoms with Crippen molar-refractivity contribution in [3.8, 4) is 17.0 Å². The molecule has 2 aromatic carbocycles. The normalized spacial score (nSPS) is 18.3. The van der Waals surface area contributed by atoms with E-state index in [4.69, 9.17) is 37.4 Å². The Hall–Kier alpha value is -2.62. The highest BCUT2D eigenvalue weighted by molar-refractivity contribution is 7.99. The van der Waals surface area contributed by atoms with Gasteiger partial charge in [-0.3, -0.25) is 0 Å². The molecule has 186 valence electrons. The molecule has 7 nitrogen and oxygen atoms in total. The van der Waals surface area contributed by atoms with Crippen molar-refractivity contribution in [2.45, 2.75) is 37.1 Å². The maximum absolute atomic E-state index is 6.41. The number of hydrogen-bond acceptors (Lipinski definition) is 7. The van der Waals surface area contributed by atoms with Gasteiger partial charge in [0.15, 0.2) is 11.4 Å². The molecule has 1 aliphatic heterocycles. The fourth-order valence-corrected chi connectivity index (χ4v) is 4.94. The van der Waals surface area contributed by atoms with Crippen LogP contribution >= 0.6 is 35.0 Å². The second-order valence-corrected chi connectivity index (χ2v) is 10.2. The summed E-state index contributed by atoms with van der Waals surface area (Å²) in [4.78, 5) is 13.1. The summed E-state index contributed by atoms with van der Waals surface area (Å²) in [5.41, 5.74) is 2.60. The molecule has 2 aromatic heterocycles. The van der Waals surface area contributed by atoms with Crippen molar-refractivity contribution in [3.63, 3.8) is 0 Å². The first-order chi connectivity index (χ1) is 17.6. The van der Waals surface area contributed by atoms with Crippen LogP contribution in [0.3, 0.4) is 0 Å². The van der Waals surface area contributed by atoms with Crippen LogP contribution in [-0.4, -0.2) is 44.1 Å². The standard InChI is InChI=1S/C26H24Cl2N4O3S/c1-2-36-26-30-10-9-22(31-26)17-3-6-19(7-4-17)34-23(14-32-12-11-29-16-32)24-15-33-25(35-24)20-8-5-18(27)13-21(20)28/h3-13,16,23-25H,2,14-15H2,1H3. The Morgan fingerprint density at radius 3 is 2.75 bits per heavy atom. The third-order valence-corrected chi connectivity index (χ3v) is 6.94. The number of aromatic nitrogens is 4. The van der Waals surface area contributed by atoms with Crippen molar-refractivity contribution < 1.29 is 14.2 Å². The van der Waals surface area contributed by atoms with E-state index in [9.17, 15) is 0 Å². The van der Waals surface area contributed by atoms with E-state index in [0.29, 0.717) is 23.2 Å². The van der Waals surface area contributed by atoms with Gasteiger partial charge in [-0.2, -0.15) is 0 Å². The average molecular weight is 543 g/mol. The molecule has 0 spiro atoms. The van der Waals surface area contributed by atoms with Gasteiger partial charge in [0.25, 0.3) is 0 Å². The second-order valence-electron chi connectivity index (χ2n) is 8.10. The van der Waals surface area contributed by atoms with E-state index in [1.807, 2.05) is 47.2 Å². The number of ether oxygens (including phenoxy) is 3. The predicted molar refractivity (Wildman–Crippen MR) is 141 cm³/mol. The molecular weight excluding hydrogens is 519 g/mol. The highest BCUT2D eigenvalue weighted by Crippen LogP contribution is 2.35. The van der Waals surface area contributed by atoms with Crippen molar-refractivity contribution in [2.24, 2.45) is 0 Å². The summed E-state index contributed by atoms with van der Waals surface area (Å²) in [5, 5.41) is 1.83. The molecule has 3 unspecified atom stereocenters. The van der Waals surface area contributed by atoms with Gasteiger partial charge in [-0.15, -0.1) is 0 Å². The third kappa shape index (κ3) is 6.02. The minimum Gasteiger partial charge on any atom is -0.486 e. The van der Waals surface area contributed by atoms with Gasteiger partial charge >= 0.3 is 0 Å². The van der Waals surface area contributed by atoms with Crippen LogP contribution in [0.2, 0.25) is 10.0 Å². The number of halogens is 2. The van der Waals surface area contributed by atoms with Gasteiger partial charge in [0.1, 0.15) is 18.0 Å². The summed E-state index contributed by atoms with van der Waals surface area (Å²) >= 11 is 14.0. The molecular formula is C26H24Cl2N4O3S. The van der Waals surface area contributed by atoms with Crippen LogP contribution in [0.1, 0.15) is 18.8 Å². The van der Waals surface area contributed by atoms with Crippen LogP contribution in [0.15, 0.2) is 78.6 Å². The van der Waals surface area contributed by atoms with Gasteiger partial charge < -0.3 is 18.8 Å². The molecule has 0 bridgehead atoms. The molecule has 0 N–H and O–H groups in total. The quantitative estimate of drug-likeness (QED) is 0.181. The minimum absolute atomic E-state index is 0.320. The first kappa shape index (κ1) is 25.0. The highest BCUT2D eigenvalue weighted by atomic mass is 35.5. The van der Waals surface area contributed by atoms with Crippen LogP contribution in [0, 0.1) is 0 Å². The number of imidazole rings is 1. The highest BCUT2D eigenvalue weighted by Gasteiger charge is 2.36. The van der Waals surface area contributed by atoms with E-state index in [0.717, 1.165) is 33.5 Å². The fourth-order valence-electron chi connectivity index (χ4n) is 3.88. The van der Waals surface area contributed by atoms with Crippen LogP contribution < -0.4 is 4.74 Å². The summed E-state index contributed by atoms with van der Waals surface area (Å²) in [6, 6.07) is 15.0. The number of thioether (sulfide) groups is 1. The second kappa shape index (κ2) is 11.6. The van der Waals surface area contributed by atoms with Gasteiger partial charge in [0, 0.05) is 34.7 Å². The number of rotatable bonds is 9. The Kier molecular flexibility index (Phi) is 8.09. The summed E-state index contributed by atoms with van der Waals surface area (Å²) in [5.74, 6) is 1.64. The van der Waals surface area contributed by atoms with Crippen LogP contribution in [0.4, 0.5) is 0 Å². The Labute approximate surface area is 223 Å². The Bertz CT molecular complexity index is 1290. The molecule has 10 heteroatoms. The zero-order valence-corrected chi connectivity index (χ0v) is 21.8. The lowest BCUT2D eigenvalue weighted by atomic mass is 10.1. The lowest BCUT2D eigenvalue weighted by molar-refractivity contribution is -0.0809. The molecule has 4 aromatic rings. The van der Waals surface area contributed by atoms with Crippen molar-refractivity contribution in [1.29, 1.82) is 0 Å². The first-order valence-electron chi connectivity index (χ1n) is 11.5. The van der Waals surface area contributed by atoms with Gasteiger partial charge in [0.05, 0.1) is 30.2 Å². The number of hydrogen-bond donors (Lipinski definition) is 0. The lowest BCUT2D eigenvalue weighted by Crippen LogP contribution is -2.37. The summed E-state index contributed by atoms with van der Waals surface area (Å²) < 4.78 is 20.6. The summed E-state index contributed by atoms with van der Waals surface area (Å²) in [6.45, 7) is 2.98. The van der Waals surface area contributed by atoms with Crippen molar-refractivity contribution in [1.82, 2.24) is 19.5 Å². The monoisotopic (exact) mass is 542 g/mol. The van der Waals surface area contributed by atoms with E-state index in [1.165, 1.54) is 0 Å². The molecule has 1 aliphatic rings. The van der Waals surface area contributed by atoms with Crippen molar-refractivity contribution >= 4 is 35.0 Å². The molecule has 0 radical (unpaired) electrons. The largest absolute Gasteiger partial charge is 0.486 e. The van der Waals surface area contributed by atoms with Gasteiger partial charge in [-0.25, -0.2) is 15.0 Å². The van der Waals surface area contributed by atoms with E-state index < -0.39 is 6.29 Å². The Morgan fingerprint density at radius 2 is 2.00 bits per heavy atom. The maximum Gasteiger partial charge on any atom is 0.188 e. The molecule has 0 saturated carbocycles. The zero-order chi connectivity index (χ0) is 24.9. The average Bonchev–Trinajstić information content (AvgIpc) is 3.57. The summed E-state index contributed by atoms with van der Waals surface area (Å²) in [7, 11) is 0. The first-order valence-corrected chi connectivity index (χ1v) is 13.2. The van der Waals surface area contributed by atoms with Gasteiger partial charge in [0.2, 0.25) is 0 Å². The fraction of sp³-hybridized carbons (Fsp3) is 0.269.